The molecule has 1 aliphatic rings. The van der Waals surface area contributed by atoms with E-state index in [1.165, 1.54) is 0 Å². The summed E-state index contributed by atoms with van der Waals surface area (Å²) in [5.41, 5.74) is 2.80. The predicted octanol–water partition coefficient (Wildman–Crippen LogP) is 1.71. The third kappa shape index (κ3) is 4.45. The first-order valence-corrected chi connectivity index (χ1v) is 8.11. The van der Waals surface area contributed by atoms with Crippen molar-refractivity contribution < 1.29 is 14.3 Å². The van der Waals surface area contributed by atoms with Gasteiger partial charge in [-0.25, -0.2) is 5.84 Å². The second-order valence-electron chi connectivity index (χ2n) is 5.94. The fraction of sp³-hybridized carbons (Fsp3) is 0.529. The molecule has 0 spiro atoms. The van der Waals surface area contributed by atoms with E-state index in [4.69, 9.17) is 10.6 Å². The molecule has 0 aromatic heterocycles. The minimum Gasteiger partial charge on any atom is -0.491 e. The molecule has 23 heavy (non-hydrogen) atoms. The first-order valence-electron chi connectivity index (χ1n) is 8.11. The predicted molar refractivity (Wildman–Crippen MR) is 87.8 cm³/mol. The summed E-state index contributed by atoms with van der Waals surface area (Å²) in [5, 5.41) is 0. The Balaban J connectivity index is 1.98. The van der Waals surface area contributed by atoms with Crippen LogP contribution in [0.3, 0.4) is 0 Å². The lowest BCUT2D eigenvalue weighted by Crippen LogP contribution is -2.44. The van der Waals surface area contributed by atoms with E-state index in [-0.39, 0.29) is 23.8 Å². The van der Waals surface area contributed by atoms with E-state index in [0.29, 0.717) is 37.2 Å². The number of benzene rings is 1. The zero-order valence-electron chi connectivity index (χ0n) is 13.7. The number of nitrogens with two attached hydrogens (primary N) is 1. The molecular formula is C17H25N3O3. The van der Waals surface area contributed by atoms with E-state index in [0.717, 1.165) is 6.42 Å². The molecule has 1 heterocycles. The quantitative estimate of drug-likeness (QED) is 0.491. The van der Waals surface area contributed by atoms with Gasteiger partial charge in [0.1, 0.15) is 5.75 Å². The third-order valence-electron chi connectivity index (χ3n) is 4.29. The SMILES string of the molecule is CCC(C)Oc1cccc(C(=O)N2CCC(C(=O)NN)CC2)c1. The van der Waals surface area contributed by atoms with E-state index < -0.39 is 0 Å². The second kappa shape index (κ2) is 7.97. The Hall–Kier alpha value is -2.08. The lowest BCUT2D eigenvalue weighted by atomic mass is 9.95. The molecule has 1 aliphatic heterocycles. The molecular weight excluding hydrogens is 294 g/mol. The van der Waals surface area contributed by atoms with Crippen molar-refractivity contribution in [1.82, 2.24) is 10.3 Å². The number of ether oxygens (including phenoxy) is 1. The van der Waals surface area contributed by atoms with E-state index >= 15 is 0 Å². The van der Waals surface area contributed by atoms with Gasteiger partial charge in [-0.05, 0) is 44.4 Å². The van der Waals surface area contributed by atoms with Crippen molar-refractivity contribution in [2.45, 2.75) is 39.2 Å². The highest BCUT2D eigenvalue weighted by molar-refractivity contribution is 5.94. The van der Waals surface area contributed by atoms with Crippen LogP contribution in [0.4, 0.5) is 0 Å². The van der Waals surface area contributed by atoms with Crippen LogP contribution in [-0.2, 0) is 4.79 Å². The topological polar surface area (TPSA) is 84.7 Å². The van der Waals surface area contributed by atoms with Crippen LogP contribution < -0.4 is 16.0 Å². The van der Waals surface area contributed by atoms with Crippen molar-refractivity contribution in [1.29, 1.82) is 0 Å². The Labute approximate surface area is 136 Å². The molecule has 1 aromatic carbocycles. The number of rotatable bonds is 5. The second-order valence-corrected chi connectivity index (χ2v) is 5.94. The van der Waals surface area contributed by atoms with Gasteiger partial charge in [0, 0.05) is 24.6 Å². The summed E-state index contributed by atoms with van der Waals surface area (Å²) < 4.78 is 5.77. The number of hydrazine groups is 1. The molecule has 0 aliphatic carbocycles. The fourth-order valence-corrected chi connectivity index (χ4v) is 2.66. The van der Waals surface area contributed by atoms with E-state index in [1.807, 2.05) is 19.1 Å². The zero-order chi connectivity index (χ0) is 16.8. The number of nitrogens with zero attached hydrogens (tertiary/aromatic N) is 1. The average Bonchev–Trinajstić information content (AvgIpc) is 2.60. The first kappa shape index (κ1) is 17.3. The van der Waals surface area contributed by atoms with Crippen LogP contribution >= 0.6 is 0 Å². The van der Waals surface area contributed by atoms with Gasteiger partial charge < -0.3 is 9.64 Å². The van der Waals surface area contributed by atoms with E-state index in [9.17, 15) is 9.59 Å². The van der Waals surface area contributed by atoms with Crippen LogP contribution in [0.25, 0.3) is 0 Å². The number of piperidine rings is 1. The molecule has 1 unspecified atom stereocenters. The van der Waals surface area contributed by atoms with Crippen molar-refractivity contribution in [3.63, 3.8) is 0 Å². The maximum absolute atomic E-state index is 12.6. The Kier molecular flexibility index (Phi) is 5.98. The molecule has 0 saturated carbocycles. The molecule has 1 fully saturated rings. The van der Waals surface area contributed by atoms with Gasteiger partial charge in [-0.15, -0.1) is 0 Å². The molecule has 1 aromatic rings. The minimum absolute atomic E-state index is 0.0220. The van der Waals surface area contributed by atoms with Crippen LogP contribution in [0.5, 0.6) is 5.75 Å². The monoisotopic (exact) mass is 319 g/mol. The molecule has 126 valence electrons. The summed E-state index contributed by atoms with van der Waals surface area (Å²) in [6.45, 7) is 5.18. The Morgan fingerprint density at radius 2 is 2.09 bits per heavy atom. The van der Waals surface area contributed by atoms with Crippen LogP contribution in [-0.4, -0.2) is 35.9 Å². The highest BCUT2D eigenvalue weighted by Gasteiger charge is 2.27. The molecule has 0 bridgehead atoms. The van der Waals surface area contributed by atoms with Crippen LogP contribution in [0, 0.1) is 5.92 Å². The normalized spacial score (nSPS) is 16.7. The largest absolute Gasteiger partial charge is 0.491 e. The molecule has 6 nitrogen and oxygen atoms in total. The summed E-state index contributed by atoms with van der Waals surface area (Å²) in [5.74, 6) is 5.59. The number of nitrogens with one attached hydrogen (secondary N) is 1. The first-order chi connectivity index (χ1) is 11.0. The number of carbonyl (C=O) groups excluding carboxylic acids is 2. The average molecular weight is 319 g/mol. The van der Waals surface area contributed by atoms with E-state index in [1.54, 1.807) is 17.0 Å². The zero-order valence-corrected chi connectivity index (χ0v) is 13.7. The summed E-state index contributed by atoms with van der Waals surface area (Å²) >= 11 is 0. The highest BCUT2D eigenvalue weighted by Crippen LogP contribution is 2.21. The minimum atomic E-state index is -0.152. The van der Waals surface area contributed by atoms with Crippen molar-refractivity contribution >= 4 is 11.8 Å². The lowest BCUT2D eigenvalue weighted by Gasteiger charge is -2.31. The molecule has 0 radical (unpaired) electrons. The lowest BCUT2D eigenvalue weighted by molar-refractivity contribution is -0.126. The maximum atomic E-state index is 12.6. The van der Waals surface area contributed by atoms with Gasteiger partial charge in [0.25, 0.3) is 5.91 Å². The summed E-state index contributed by atoms with van der Waals surface area (Å²) in [4.78, 5) is 25.9. The maximum Gasteiger partial charge on any atom is 0.253 e. The van der Waals surface area contributed by atoms with Crippen molar-refractivity contribution in [3.05, 3.63) is 29.8 Å². The van der Waals surface area contributed by atoms with Gasteiger partial charge in [-0.1, -0.05) is 13.0 Å². The van der Waals surface area contributed by atoms with Gasteiger partial charge in [0.2, 0.25) is 5.91 Å². The number of likely N-dealkylation sites (tertiary alicyclic amines) is 1. The molecule has 2 amide bonds. The Morgan fingerprint density at radius 1 is 1.39 bits per heavy atom. The van der Waals surface area contributed by atoms with Crippen molar-refractivity contribution in [2.75, 3.05) is 13.1 Å². The smallest absolute Gasteiger partial charge is 0.253 e. The molecule has 1 saturated heterocycles. The van der Waals surface area contributed by atoms with Gasteiger partial charge in [0.05, 0.1) is 6.10 Å². The molecule has 2 rings (SSSR count). The molecule has 3 N–H and O–H groups in total. The third-order valence-corrected chi connectivity index (χ3v) is 4.29. The molecule has 1 atom stereocenters. The number of hydrogen-bond acceptors (Lipinski definition) is 4. The number of amides is 2. The fourth-order valence-electron chi connectivity index (χ4n) is 2.66. The summed E-state index contributed by atoms with van der Waals surface area (Å²) in [6, 6.07) is 7.28. The standard InChI is InChI=1S/C17H25N3O3/c1-3-12(2)23-15-6-4-5-14(11-15)17(22)20-9-7-13(8-10-20)16(21)19-18/h4-6,11-13H,3,7-10,18H2,1-2H3,(H,19,21). The Bertz CT molecular complexity index is 554. The van der Waals surface area contributed by atoms with Crippen LogP contribution in [0.1, 0.15) is 43.5 Å². The van der Waals surface area contributed by atoms with Gasteiger partial charge in [-0.3, -0.25) is 15.0 Å². The van der Waals surface area contributed by atoms with Crippen LogP contribution in [0.15, 0.2) is 24.3 Å². The van der Waals surface area contributed by atoms with Gasteiger partial charge >= 0.3 is 0 Å². The molecule has 6 heteroatoms. The van der Waals surface area contributed by atoms with Gasteiger partial charge in [0.15, 0.2) is 0 Å². The van der Waals surface area contributed by atoms with Crippen molar-refractivity contribution in [3.8, 4) is 5.75 Å². The Morgan fingerprint density at radius 3 is 2.70 bits per heavy atom. The number of carbonyl (C=O) groups is 2. The van der Waals surface area contributed by atoms with E-state index in [2.05, 4.69) is 12.3 Å². The highest BCUT2D eigenvalue weighted by atomic mass is 16.5. The summed E-state index contributed by atoms with van der Waals surface area (Å²) in [6.07, 6.45) is 2.30. The van der Waals surface area contributed by atoms with Gasteiger partial charge in [-0.2, -0.15) is 0 Å². The van der Waals surface area contributed by atoms with Crippen molar-refractivity contribution in [2.24, 2.45) is 11.8 Å². The number of hydrogen-bond donors (Lipinski definition) is 2. The summed E-state index contributed by atoms with van der Waals surface area (Å²) in [7, 11) is 0. The van der Waals surface area contributed by atoms with Crippen LogP contribution in [0.2, 0.25) is 0 Å².